The van der Waals surface area contributed by atoms with Crippen LogP contribution in [0.5, 0.6) is 0 Å². The third-order valence-corrected chi connectivity index (χ3v) is 5.52. The number of hydrogen-bond acceptors (Lipinski definition) is 3. The molecular weight excluding hydrogens is 425 g/mol. The van der Waals surface area contributed by atoms with Crippen LogP contribution in [0, 0.1) is 11.8 Å². The maximum Gasteiger partial charge on any atom is 0.191 e. The number of guanidine groups is 1. The van der Waals surface area contributed by atoms with Crippen LogP contribution in [0.25, 0.3) is 0 Å². The van der Waals surface area contributed by atoms with E-state index >= 15 is 0 Å². The summed E-state index contributed by atoms with van der Waals surface area (Å²) in [6, 6.07) is 0.671. The fraction of sp³-hybridized carbons (Fsp3) is 0.947. The van der Waals surface area contributed by atoms with Crippen molar-refractivity contribution in [1.29, 1.82) is 0 Å². The molecule has 148 valence electrons. The van der Waals surface area contributed by atoms with Gasteiger partial charge in [0.05, 0.1) is 0 Å². The van der Waals surface area contributed by atoms with Crippen LogP contribution in [0.15, 0.2) is 4.99 Å². The molecule has 2 saturated heterocycles. The largest absolute Gasteiger partial charge is 0.356 e. The van der Waals surface area contributed by atoms with E-state index in [1.54, 1.807) is 0 Å². The van der Waals surface area contributed by atoms with E-state index in [2.05, 4.69) is 46.2 Å². The fourth-order valence-corrected chi connectivity index (χ4v) is 4.46. The number of piperidine rings is 1. The number of rotatable bonds is 7. The molecule has 0 bridgehead atoms. The first-order valence-corrected chi connectivity index (χ1v) is 10.0. The minimum atomic E-state index is 0. The van der Waals surface area contributed by atoms with E-state index in [0.717, 1.165) is 37.4 Å². The van der Waals surface area contributed by atoms with E-state index in [-0.39, 0.29) is 24.0 Å². The average Bonchev–Trinajstić information content (AvgIpc) is 3.01. The van der Waals surface area contributed by atoms with Crippen molar-refractivity contribution in [3.63, 3.8) is 0 Å². The number of likely N-dealkylation sites (tertiary alicyclic amines) is 2. The zero-order chi connectivity index (χ0) is 17.4. The summed E-state index contributed by atoms with van der Waals surface area (Å²) in [6.45, 7) is 15.2. The second kappa shape index (κ2) is 12.3. The molecule has 0 aromatic rings. The van der Waals surface area contributed by atoms with Crippen LogP contribution in [0.2, 0.25) is 0 Å². The molecule has 0 saturated carbocycles. The number of aliphatic imine (C=N–C) groups is 1. The Morgan fingerprint density at radius 1 is 1.16 bits per heavy atom. The van der Waals surface area contributed by atoms with Gasteiger partial charge in [-0.3, -0.25) is 9.89 Å². The third kappa shape index (κ3) is 7.99. The fourth-order valence-electron chi connectivity index (χ4n) is 4.46. The second-order valence-electron chi connectivity index (χ2n) is 7.86. The lowest BCUT2D eigenvalue weighted by Crippen LogP contribution is -2.45. The van der Waals surface area contributed by atoms with Gasteiger partial charge in [-0.2, -0.15) is 0 Å². The van der Waals surface area contributed by atoms with Crippen molar-refractivity contribution in [3.05, 3.63) is 0 Å². The minimum Gasteiger partial charge on any atom is -0.356 e. The Hall–Kier alpha value is -0.0800. The Morgan fingerprint density at radius 3 is 2.52 bits per heavy atom. The van der Waals surface area contributed by atoms with Crippen molar-refractivity contribution in [1.82, 2.24) is 20.4 Å². The van der Waals surface area contributed by atoms with Crippen molar-refractivity contribution >= 4 is 29.9 Å². The molecule has 5 nitrogen and oxygen atoms in total. The van der Waals surface area contributed by atoms with E-state index in [1.165, 1.54) is 51.9 Å². The summed E-state index contributed by atoms with van der Waals surface area (Å²) < 4.78 is 0. The zero-order valence-electron chi connectivity index (χ0n) is 16.8. The van der Waals surface area contributed by atoms with Crippen molar-refractivity contribution in [2.45, 2.75) is 52.5 Å². The highest BCUT2D eigenvalue weighted by Gasteiger charge is 2.23. The van der Waals surface area contributed by atoms with Crippen LogP contribution in [0.4, 0.5) is 0 Å². The molecule has 2 N–H and O–H groups in total. The summed E-state index contributed by atoms with van der Waals surface area (Å²) in [4.78, 5) is 9.57. The number of nitrogens with zero attached hydrogens (tertiary/aromatic N) is 3. The van der Waals surface area contributed by atoms with Crippen molar-refractivity contribution in [2.75, 3.05) is 52.9 Å². The second-order valence-corrected chi connectivity index (χ2v) is 7.86. The van der Waals surface area contributed by atoms with Gasteiger partial charge in [-0.15, -0.1) is 24.0 Å². The lowest BCUT2D eigenvalue weighted by atomic mass is 9.92. The summed E-state index contributed by atoms with van der Waals surface area (Å²) >= 11 is 0. The van der Waals surface area contributed by atoms with Gasteiger partial charge in [0.1, 0.15) is 0 Å². The molecule has 0 amide bonds. The number of likely N-dealkylation sites (N-methyl/N-ethyl adjacent to an activating group) is 1. The number of hydrogen-bond donors (Lipinski definition) is 2. The predicted molar refractivity (Wildman–Crippen MR) is 119 cm³/mol. The molecule has 2 heterocycles. The van der Waals surface area contributed by atoms with Crippen LogP contribution < -0.4 is 10.6 Å². The molecule has 0 spiro atoms. The highest BCUT2D eigenvalue weighted by molar-refractivity contribution is 14.0. The van der Waals surface area contributed by atoms with Gasteiger partial charge in [-0.05, 0) is 57.2 Å². The van der Waals surface area contributed by atoms with Gasteiger partial charge in [0.15, 0.2) is 5.96 Å². The molecule has 0 radical (unpaired) electrons. The Kier molecular flexibility index (Phi) is 11.3. The highest BCUT2D eigenvalue weighted by atomic mass is 127. The van der Waals surface area contributed by atoms with Gasteiger partial charge < -0.3 is 15.5 Å². The molecule has 6 heteroatoms. The molecule has 2 aliphatic heterocycles. The van der Waals surface area contributed by atoms with Gasteiger partial charge in [-0.25, -0.2) is 0 Å². The first-order chi connectivity index (χ1) is 11.6. The SMILES string of the molecule is CCN1CCCC1CNC(=NC)NCCCN1CC(C)CC(C)C1.I. The Labute approximate surface area is 172 Å². The quantitative estimate of drug-likeness (QED) is 0.263. The molecule has 0 aliphatic carbocycles. The van der Waals surface area contributed by atoms with Crippen molar-refractivity contribution in [2.24, 2.45) is 16.8 Å². The number of nitrogens with one attached hydrogen (secondary N) is 2. The maximum atomic E-state index is 4.37. The summed E-state index contributed by atoms with van der Waals surface area (Å²) in [5, 5.41) is 6.99. The topological polar surface area (TPSA) is 42.9 Å². The molecule has 2 rings (SSSR count). The van der Waals surface area contributed by atoms with Crippen LogP contribution in [-0.2, 0) is 0 Å². The summed E-state index contributed by atoms with van der Waals surface area (Å²) in [7, 11) is 1.87. The molecular formula is C19H40IN5. The van der Waals surface area contributed by atoms with E-state index in [9.17, 15) is 0 Å². The van der Waals surface area contributed by atoms with Gasteiger partial charge in [-0.1, -0.05) is 20.8 Å². The van der Waals surface area contributed by atoms with E-state index in [4.69, 9.17) is 0 Å². The first kappa shape index (κ1) is 23.0. The van der Waals surface area contributed by atoms with Gasteiger partial charge in [0, 0.05) is 39.3 Å². The maximum absolute atomic E-state index is 4.37. The Balaban J connectivity index is 0.00000312. The minimum absolute atomic E-state index is 0. The zero-order valence-corrected chi connectivity index (χ0v) is 19.1. The smallest absolute Gasteiger partial charge is 0.191 e. The molecule has 0 aromatic heterocycles. The summed E-state index contributed by atoms with van der Waals surface area (Å²) in [6.07, 6.45) is 5.22. The average molecular weight is 465 g/mol. The molecule has 2 fully saturated rings. The highest BCUT2D eigenvalue weighted by Crippen LogP contribution is 2.20. The van der Waals surface area contributed by atoms with Crippen molar-refractivity contribution in [3.8, 4) is 0 Å². The molecule has 0 aromatic carbocycles. The molecule has 3 unspecified atom stereocenters. The predicted octanol–water partition coefficient (Wildman–Crippen LogP) is 2.62. The first-order valence-electron chi connectivity index (χ1n) is 10.0. The standard InChI is InChI=1S/C19H39N5.HI/c1-5-24-11-6-8-18(24)13-22-19(20-4)21-9-7-10-23-14-16(2)12-17(3)15-23;/h16-18H,5-15H2,1-4H3,(H2,20,21,22);1H. The van der Waals surface area contributed by atoms with Crippen LogP contribution in [-0.4, -0.2) is 74.7 Å². The normalized spacial score (nSPS) is 28.6. The Morgan fingerprint density at radius 2 is 1.88 bits per heavy atom. The van der Waals surface area contributed by atoms with Crippen LogP contribution >= 0.6 is 24.0 Å². The van der Waals surface area contributed by atoms with E-state index in [1.807, 2.05) is 7.05 Å². The van der Waals surface area contributed by atoms with Gasteiger partial charge in [0.25, 0.3) is 0 Å². The van der Waals surface area contributed by atoms with Gasteiger partial charge in [0.2, 0.25) is 0 Å². The lowest BCUT2D eigenvalue weighted by Gasteiger charge is -2.35. The third-order valence-electron chi connectivity index (χ3n) is 5.52. The lowest BCUT2D eigenvalue weighted by molar-refractivity contribution is 0.140. The van der Waals surface area contributed by atoms with Crippen molar-refractivity contribution < 1.29 is 0 Å². The summed E-state index contributed by atoms with van der Waals surface area (Å²) in [5.41, 5.74) is 0. The molecule has 2 aliphatic rings. The number of halogens is 1. The van der Waals surface area contributed by atoms with E-state index < -0.39 is 0 Å². The summed E-state index contributed by atoms with van der Waals surface area (Å²) in [5.74, 6) is 2.66. The molecule has 3 atom stereocenters. The Bertz CT molecular complexity index is 380. The van der Waals surface area contributed by atoms with E-state index in [0.29, 0.717) is 6.04 Å². The molecule has 25 heavy (non-hydrogen) atoms. The monoisotopic (exact) mass is 465 g/mol. The van der Waals surface area contributed by atoms with Crippen LogP contribution in [0.1, 0.15) is 46.5 Å². The van der Waals surface area contributed by atoms with Crippen LogP contribution in [0.3, 0.4) is 0 Å². The van der Waals surface area contributed by atoms with Gasteiger partial charge >= 0.3 is 0 Å².